The lowest BCUT2D eigenvalue weighted by Gasteiger charge is -2.41. The third-order valence-corrected chi connectivity index (χ3v) is 19.7. The van der Waals surface area contributed by atoms with Crippen LogP contribution in [0.4, 0.5) is 15.3 Å². The number of carboxylic acid groups (broad SMARTS) is 1. The number of nitrogens with one attached hydrogen (secondary N) is 4. The standard InChI is InChI=1S/C71H103N9O16/c1-11-44(6)63(56(94-9)40-60(86)78-35-19-23-53(78)65(95-10)45(7)54(81)39-50(69(90)91)36-46-20-14-12-15-21-46)77(8)68(89)62(43(4)5)76-67(88)64-48-27-30-52(37-48)80(64)71(93)96-41-47-25-28-51(29-26-47)74-66(87)49(22-18-33-73-70(72)92)38-55(82)61(42(2)3)75-57(83)24-16-13-17-34-79-58(84)31-32-59(79)85/h12,14-15,20-21,25-26,28-29,31-32,42-45,48-50,52-53,56,61-65H,11,13,16-19,22-24,27,30,33-41H2,1-10H3,(H,74,87)(H,75,83)(H,76,88)(H,90,91)(H3,72,73,92)/t44-,45-,48-,49+,50+,52-,53-,56+,61-,62-,63-,64-,65+/m0/s1. The number of fused-ring (bicyclic) bond motifs is 2. The second kappa shape index (κ2) is 36.9. The molecule has 0 radical (unpaired) electrons. The number of piperidine rings is 1. The summed E-state index contributed by atoms with van der Waals surface area (Å²) in [4.78, 5) is 166. The number of nitrogens with two attached hydrogens (primary N) is 1. The molecule has 528 valence electrons. The number of benzene rings is 2. The Morgan fingerprint density at radius 3 is 2.03 bits per heavy atom. The molecule has 25 nitrogen and oxygen atoms in total. The van der Waals surface area contributed by atoms with Crippen LogP contribution in [0.5, 0.6) is 0 Å². The van der Waals surface area contributed by atoms with Gasteiger partial charge in [0.1, 0.15) is 24.5 Å². The molecule has 0 aromatic heterocycles. The van der Waals surface area contributed by atoms with Crippen molar-refractivity contribution >= 4 is 76.7 Å². The Kier molecular flexibility index (Phi) is 29.6. The fourth-order valence-corrected chi connectivity index (χ4v) is 14.1. The molecule has 7 N–H and O–H groups in total. The van der Waals surface area contributed by atoms with Gasteiger partial charge in [0, 0.05) is 95.9 Å². The van der Waals surface area contributed by atoms with Gasteiger partial charge in [0.2, 0.25) is 29.5 Å². The number of ether oxygens (including phenoxy) is 3. The molecule has 1 aliphatic carbocycles. The van der Waals surface area contributed by atoms with Gasteiger partial charge in [-0.3, -0.25) is 57.7 Å². The number of amides is 10. The molecular formula is C71H103N9O16. The van der Waals surface area contributed by atoms with E-state index in [0.717, 1.165) is 10.5 Å². The first kappa shape index (κ1) is 77.0. The van der Waals surface area contributed by atoms with Crippen LogP contribution in [0, 0.1) is 41.4 Å². The Bertz CT molecular complexity index is 3050. The summed E-state index contributed by atoms with van der Waals surface area (Å²) in [6, 6.07) is 10.8. The first-order valence-electron chi connectivity index (χ1n) is 34.1. The molecule has 2 saturated heterocycles. The largest absolute Gasteiger partial charge is 0.481 e. The van der Waals surface area contributed by atoms with Crippen molar-refractivity contribution in [3.8, 4) is 0 Å². The maximum Gasteiger partial charge on any atom is 0.411 e. The van der Waals surface area contributed by atoms with Crippen molar-refractivity contribution in [2.45, 2.75) is 206 Å². The average Bonchev–Trinajstić information content (AvgIpc) is 1.60. The zero-order chi connectivity index (χ0) is 70.5. The molecule has 0 unspecified atom stereocenters. The second-order valence-corrected chi connectivity index (χ2v) is 27.1. The fraction of sp³-hybridized carbons (Fsp3) is 0.634. The van der Waals surface area contributed by atoms with E-state index in [2.05, 4.69) is 21.3 Å². The van der Waals surface area contributed by atoms with E-state index in [-0.39, 0.29) is 117 Å². The number of hydrogen-bond acceptors (Lipinski definition) is 15. The molecule has 0 spiro atoms. The van der Waals surface area contributed by atoms with Crippen LogP contribution in [0.3, 0.4) is 0 Å². The van der Waals surface area contributed by atoms with E-state index in [1.807, 2.05) is 58.0 Å². The number of imide groups is 1. The summed E-state index contributed by atoms with van der Waals surface area (Å²) in [5, 5.41) is 21.3. The number of methoxy groups -OCH3 is 2. The van der Waals surface area contributed by atoms with Crippen LogP contribution in [0.1, 0.15) is 156 Å². The Labute approximate surface area is 564 Å². The predicted molar refractivity (Wildman–Crippen MR) is 357 cm³/mol. The topological polar surface area (TPSA) is 340 Å². The smallest absolute Gasteiger partial charge is 0.411 e. The van der Waals surface area contributed by atoms with Crippen molar-refractivity contribution in [2.24, 2.45) is 47.2 Å². The number of primary amides is 1. The van der Waals surface area contributed by atoms with Gasteiger partial charge in [0.05, 0.1) is 42.7 Å². The number of hydrogen-bond donors (Lipinski definition) is 6. The van der Waals surface area contributed by atoms with E-state index in [1.165, 1.54) is 31.3 Å². The molecule has 10 amide bonds. The number of carbonyl (C=O) groups is 12. The van der Waals surface area contributed by atoms with Gasteiger partial charge in [-0.1, -0.05) is 104 Å². The van der Waals surface area contributed by atoms with Gasteiger partial charge < -0.3 is 56.1 Å². The third kappa shape index (κ3) is 21.0. The number of anilines is 1. The molecule has 2 aromatic rings. The molecule has 2 bridgehead atoms. The van der Waals surface area contributed by atoms with E-state index in [4.69, 9.17) is 19.9 Å². The predicted octanol–water partition coefficient (Wildman–Crippen LogP) is 6.73. The molecule has 1 saturated carbocycles. The van der Waals surface area contributed by atoms with Gasteiger partial charge in [-0.2, -0.15) is 0 Å². The molecule has 3 fully saturated rings. The Morgan fingerprint density at radius 2 is 1.42 bits per heavy atom. The number of likely N-dealkylation sites (N-methyl/N-ethyl adjacent to an activating group) is 1. The number of carbonyl (C=O) groups excluding carboxylic acids is 11. The van der Waals surface area contributed by atoms with E-state index < -0.39 is 102 Å². The maximum atomic E-state index is 14.9. The van der Waals surface area contributed by atoms with E-state index in [9.17, 15) is 62.6 Å². The fourth-order valence-electron chi connectivity index (χ4n) is 14.1. The van der Waals surface area contributed by atoms with Gasteiger partial charge in [-0.05, 0) is 111 Å². The number of carboxylic acids is 1. The highest BCUT2D eigenvalue weighted by Gasteiger charge is 2.53. The van der Waals surface area contributed by atoms with Gasteiger partial charge in [-0.15, -0.1) is 0 Å². The van der Waals surface area contributed by atoms with Crippen LogP contribution in [-0.4, -0.2) is 185 Å². The van der Waals surface area contributed by atoms with E-state index in [0.29, 0.717) is 82.0 Å². The summed E-state index contributed by atoms with van der Waals surface area (Å²) in [5.41, 5.74) is 7.04. The SMILES string of the molecule is CC[C@H](C)[C@@H]([C@@H](CC(=O)N1CCC[C@H]1[C@H](OC)[C@@H](C)C(=O)C[C@@H](Cc1ccccc1)C(=O)O)OC)N(C)C(=O)[C@@H](NC(=O)[C@@H]1[C@H]2CC[C@@H](C2)N1C(=O)OCc1ccc(NC(=O)[C@H](CCCNC(N)=O)CC(=O)[C@@H](NC(=O)CCCCCN2C(=O)C=CC2=O)C(C)C)cc1)C(C)C. The molecular weight excluding hydrogens is 1230 g/mol. The highest BCUT2D eigenvalue weighted by molar-refractivity contribution is 6.12. The highest BCUT2D eigenvalue weighted by atomic mass is 16.6. The minimum absolute atomic E-state index is 0.105. The van der Waals surface area contributed by atoms with E-state index in [1.54, 1.807) is 61.9 Å². The van der Waals surface area contributed by atoms with Gasteiger partial charge in [0.15, 0.2) is 5.78 Å². The van der Waals surface area contributed by atoms with Gasteiger partial charge >= 0.3 is 18.1 Å². The number of urea groups is 1. The number of nitrogens with zero attached hydrogens (tertiary/aromatic N) is 4. The zero-order valence-electron chi connectivity index (χ0n) is 57.6. The summed E-state index contributed by atoms with van der Waals surface area (Å²) in [6.45, 7) is 13.5. The minimum atomic E-state index is -1.07. The lowest BCUT2D eigenvalue weighted by Crippen LogP contribution is -2.60. The van der Waals surface area contributed by atoms with Crippen LogP contribution in [0.15, 0.2) is 66.7 Å². The number of likely N-dealkylation sites (tertiary alicyclic amines) is 2. The summed E-state index contributed by atoms with van der Waals surface area (Å²) >= 11 is 0. The van der Waals surface area contributed by atoms with Crippen LogP contribution in [-0.2, 0) is 75.2 Å². The van der Waals surface area contributed by atoms with E-state index >= 15 is 0 Å². The quantitative estimate of drug-likeness (QED) is 0.0298. The Hall–Kier alpha value is -8.06. The van der Waals surface area contributed by atoms with Gasteiger partial charge in [0.25, 0.3) is 11.8 Å². The summed E-state index contributed by atoms with van der Waals surface area (Å²) < 4.78 is 18.0. The van der Waals surface area contributed by atoms with Crippen molar-refractivity contribution in [3.05, 3.63) is 77.9 Å². The van der Waals surface area contributed by atoms with Crippen LogP contribution < -0.4 is 27.0 Å². The first-order chi connectivity index (χ1) is 45.7. The van der Waals surface area contributed by atoms with Crippen molar-refractivity contribution < 1.29 is 76.9 Å². The number of Topliss-reactive ketones (excluding diaryl/α,β-unsaturated/α-hetero) is 2. The number of rotatable bonds is 39. The van der Waals surface area contributed by atoms with Crippen molar-refractivity contribution in [3.63, 3.8) is 0 Å². The van der Waals surface area contributed by atoms with Crippen LogP contribution in [0.2, 0.25) is 0 Å². The summed E-state index contributed by atoms with van der Waals surface area (Å²) in [5.74, 6) is -7.97. The third-order valence-electron chi connectivity index (χ3n) is 19.7. The lowest BCUT2D eigenvalue weighted by atomic mass is 9.85. The number of aliphatic carboxylic acids is 1. The minimum Gasteiger partial charge on any atom is -0.481 e. The monoisotopic (exact) mass is 1340 g/mol. The molecule has 2 aromatic carbocycles. The summed E-state index contributed by atoms with van der Waals surface area (Å²) in [6.07, 6.45) is 5.89. The molecule has 25 heteroatoms. The first-order valence-corrected chi connectivity index (χ1v) is 34.1. The summed E-state index contributed by atoms with van der Waals surface area (Å²) in [7, 11) is 4.64. The maximum absolute atomic E-state index is 14.9. The zero-order valence-corrected chi connectivity index (χ0v) is 57.6. The number of unbranched alkanes of at least 4 members (excludes halogenated alkanes) is 2. The van der Waals surface area contributed by atoms with Gasteiger partial charge in [-0.25, -0.2) is 9.59 Å². The highest BCUT2D eigenvalue weighted by Crippen LogP contribution is 2.43. The van der Waals surface area contributed by atoms with Crippen LogP contribution >= 0.6 is 0 Å². The molecule has 6 rings (SSSR count). The van der Waals surface area contributed by atoms with Crippen LogP contribution in [0.25, 0.3) is 0 Å². The van der Waals surface area contributed by atoms with Crippen molar-refractivity contribution in [1.29, 1.82) is 0 Å². The molecule has 96 heavy (non-hydrogen) atoms. The normalized spacial score (nSPS) is 20.2. The molecule has 4 aliphatic rings. The molecule has 3 heterocycles. The van der Waals surface area contributed by atoms with Crippen molar-refractivity contribution in [1.82, 2.24) is 35.6 Å². The number of ketones is 2. The Balaban J connectivity index is 1.04. The Morgan fingerprint density at radius 1 is 0.750 bits per heavy atom. The second-order valence-electron chi connectivity index (χ2n) is 27.1. The average molecular weight is 1340 g/mol. The molecule has 3 aliphatic heterocycles. The molecule has 13 atom stereocenters. The van der Waals surface area contributed by atoms with Crippen molar-refractivity contribution in [2.75, 3.05) is 46.2 Å². The lowest BCUT2D eigenvalue weighted by molar-refractivity contribution is -0.148.